The summed E-state index contributed by atoms with van der Waals surface area (Å²) in [5, 5.41) is 26.0. The molecule has 0 heterocycles. The molecule has 1 aromatic rings. The summed E-state index contributed by atoms with van der Waals surface area (Å²) in [6, 6.07) is 1.57. The van der Waals surface area contributed by atoms with Crippen molar-refractivity contribution >= 4 is 42.3 Å². The number of carbonyl (C=O) groups is 4. The van der Waals surface area contributed by atoms with E-state index in [4.69, 9.17) is 17.2 Å². The molecule has 194 valence electrons. The van der Waals surface area contributed by atoms with Gasteiger partial charge in [0.05, 0.1) is 6.04 Å². The molecule has 13 nitrogen and oxygen atoms in total. The standard InChI is InChI=1S/C21H33N7O6S/c1-11(26-18(31)14(22)3-2-8-25-21(23)24)17(30)27-15(9-12-4-6-13(29)7-5-12)19(32)28-16(10-35)20(33)34/h4-7,11,14-16,29,35H,2-3,8-10,22H2,1H3,(H,26,31)(H,27,30)(H,28,32)(H,33,34)(H4,23,24,25). The lowest BCUT2D eigenvalue weighted by atomic mass is 10.0. The highest BCUT2D eigenvalue weighted by molar-refractivity contribution is 7.80. The number of carboxylic acid groups (broad SMARTS) is 1. The van der Waals surface area contributed by atoms with Crippen LogP contribution in [0, 0.1) is 0 Å². The number of phenols is 1. The highest BCUT2D eigenvalue weighted by Crippen LogP contribution is 2.12. The second kappa shape index (κ2) is 14.7. The zero-order chi connectivity index (χ0) is 26.5. The third-order valence-corrected chi connectivity index (χ3v) is 5.23. The highest BCUT2D eigenvalue weighted by atomic mass is 32.1. The summed E-state index contributed by atoms with van der Waals surface area (Å²) in [6.07, 6.45) is 0.739. The predicted octanol–water partition coefficient (Wildman–Crippen LogP) is -2.20. The molecule has 1 rings (SSSR count). The van der Waals surface area contributed by atoms with Crippen LogP contribution in [0.2, 0.25) is 0 Å². The molecule has 3 amide bonds. The van der Waals surface area contributed by atoms with Crippen LogP contribution in [0.3, 0.4) is 0 Å². The smallest absolute Gasteiger partial charge is 0.327 e. The Hall–Kier alpha value is -3.52. The number of nitrogens with two attached hydrogens (primary N) is 3. The number of hydrogen-bond donors (Lipinski definition) is 9. The van der Waals surface area contributed by atoms with Gasteiger partial charge in [-0.3, -0.25) is 19.4 Å². The van der Waals surface area contributed by atoms with Gasteiger partial charge in [0.25, 0.3) is 0 Å². The van der Waals surface area contributed by atoms with Crippen LogP contribution < -0.4 is 33.2 Å². The van der Waals surface area contributed by atoms with E-state index in [2.05, 4.69) is 33.6 Å². The number of aromatic hydroxyl groups is 1. The minimum Gasteiger partial charge on any atom is -0.508 e. The molecule has 14 heteroatoms. The van der Waals surface area contributed by atoms with Gasteiger partial charge in [0.2, 0.25) is 17.7 Å². The molecule has 35 heavy (non-hydrogen) atoms. The van der Waals surface area contributed by atoms with Crippen LogP contribution in [0.1, 0.15) is 25.3 Å². The van der Waals surface area contributed by atoms with Gasteiger partial charge in [-0.25, -0.2) is 4.79 Å². The van der Waals surface area contributed by atoms with E-state index >= 15 is 0 Å². The van der Waals surface area contributed by atoms with Crippen molar-refractivity contribution in [2.45, 2.75) is 50.4 Å². The number of aliphatic imine (C=N–C) groups is 1. The van der Waals surface area contributed by atoms with E-state index < -0.39 is 47.9 Å². The first-order valence-electron chi connectivity index (χ1n) is 10.8. The first kappa shape index (κ1) is 29.5. The number of nitrogens with zero attached hydrogens (tertiary/aromatic N) is 1. The number of benzene rings is 1. The fourth-order valence-corrected chi connectivity index (χ4v) is 3.12. The molecule has 0 aliphatic carbocycles. The van der Waals surface area contributed by atoms with Crippen LogP contribution in [0.5, 0.6) is 5.75 Å². The number of hydrogen-bond acceptors (Lipinski definition) is 8. The van der Waals surface area contributed by atoms with E-state index in [0.29, 0.717) is 18.5 Å². The second-order valence-electron chi connectivity index (χ2n) is 7.80. The summed E-state index contributed by atoms with van der Waals surface area (Å²) in [5.74, 6) is -3.48. The Bertz CT molecular complexity index is 908. The van der Waals surface area contributed by atoms with Crippen LogP contribution in [0.15, 0.2) is 29.3 Å². The zero-order valence-electron chi connectivity index (χ0n) is 19.3. The monoisotopic (exact) mass is 511 g/mol. The average molecular weight is 512 g/mol. The number of nitrogens with one attached hydrogen (secondary N) is 3. The average Bonchev–Trinajstić information content (AvgIpc) is 2.80. The first-order valence-corrected chi connectivity index (χ1v) is 11.4. The molecule has 0 fully saturated rings. The Balaban J connectivity index is 2.82. The quantitative estimate of drug-likeness (QED) is 0.0569. The van der Waals surface area contributed by atoms with Crippen molar-refractivity contribution in [2.24, 2.45) is 22.2 Å². The Morgan fingerprint density at radius 2 is 1.60 bits per heavy atom. The molecule has 0 radical (unpaired) electrons. The molecule has 1 aromatic carbocycles. The Morgan fingerprint density at radius 3 is 2.14 bits per heavy atom. The fraction of sp³-hybridized carbons (Fsp3) is 0.476. The van der Waals surface area contributed by atoms with Crippen molar-refractivity contribution < 1.29 is 29.4 Å². The van der Waals surface area contributed by atoms with Crippen molar-refractivity contribution in [3.63, 3.8) is 0 Å². The number of carbonyl (C=O) groups excluding carboxylic acids is 3. The molecule has 4 unspecified atom stereocenters. The van der Waals surface area contributed by atoms with Crippen LogP contribution in [0.25, 0.3) is 0 Å². The van der Waals surface area contributed by atoms with Gasteiger partial charge in [-0.05, 0) is 37.5 Å². The Morgan fingerprint density at radius 1 is 1.00 bits per heavy atom. The lowest BCUT2D eigenvalue weighted by Crippen LogP contribution is -2.57. The third-order valence-electron chi connectivity index (χ3n) is 4.86. The molecular weight excluding hydrogens is 478 g/mol. The lowest BCUT2D eigenvalue weighted by Gasteiger charge is -2.23. The lowest BCUT2D eigenvalue weighted by molar-refractivity contribution is -0.141. The minimum absolute atomic E-state index is 0.00172. The summed E-state index contributed by atoms with van der Waals surface area (Å²) >= 11 is 3.92. The van der Waals surface area contributed by atoms with E-state index in [1.165, 1.54) is 19.1 Å². The third kappa shape index (κ3) is 11.0. The van der Waals surface area contributed by atoms with Gasteiger partial charge in [0, 0.05) is 18.7 Å². The summed E-state index contributed by atoms with van der Waals surface area (Å²) in [4.78, 5) is 52.9. The van der Waals surface area contributed by atoms with Crippen LogP contribution in [-0.2, 0) is 25.6 Å². The van der Waals surface area contributed by atoms with E-state index in [1.807, 2.05) is 0 Å². The number of amides is 3. The molecule has 0 aromatic heterocycles. The maximum Gasteiger partial charge on any atom is 0.327 e. The summed E-state index contributed by atoms with van der Waals surface area (Å²) in [7, 11) is 0. The predicted molar refractivity (Wildman–Crippen MR) is 133 cm³/mol. The second-order valence-corrected chi connectivity index (χ2v) is 8.16. The molecule has 0 aliphatic heterocycles. The molecule has 0 spiro atoms. The summed E-state index contributed by atoms with van der Waals surface area (Å²) in [6.45, 7) is 1.72. The summed E-state index contributed by atoms with van der Waals surface area (Å²) in [5.41, 5.74) is 16.9. The number of guanidine groups is 1. The highest BCUT2D eigenvalue weighted by Gasteiger charge is 2.28. The largest absolute Gasteiger partial charge is 0.508 e. The molecule has 0 aliphatic rings. The molecule has 4 atom stereocenters. The van der Waals surface area contributed by atoms with Crippen molar-refractivity contribution in [3.8, 4) is 5.75 Å². The molecule has 0 saturated heterocycles. The number of carboxylic acids is 1. The number of phenolic OH excluding ortho intramolecular Hbond substituents is 1. The topological polar surface area (TPSA) is 235 Å². The van der Waals surface area contributed by atoms with E-state index in [9.17, 15) is 29.4 Å². The van der Waals surface area contributed by atoms with Gasteiger partial charge in [-0.15, -0.1) is 0 Å². The zero-order valence-corrected chi connectivity index (χ0v) is 20.2. The van der Waals surface area contributed by atoms with Crippen LogP contribution >= 0.6 is 12.6 Å². The van der Waals surface area contributed by atoms with Crippen LogP contribution in [-0.4, -0.2) is 76.3 Å². The number of aliphatic carboxylic acids is 1. The molecule has 0 saturated carbocycles. The van der Waals surface area contributed by atoms with Gasteiger partial charge in [0.1, 0.15) is 23.9 Å². The SMILES string of the molecule is CC(NC(=O)C(N)CCCN=C(N)N)C(=O)NC(Cc1ccc(O)cc1)C(=O)NC(CS)C(=O)O. The Kier molecular flexibility index (Phi) is 12.4. The van der Waals surface area contributed by atoms with Crippen molar-refractivity contribution in [3.05, 3.63) is 29.8 Å². The van der Waals surface area contributed by atoms with Crippen molar-refractivity contribution in [1.82, 2.24) is 16.0 Å². The van der Waals surface area contributed by atoms with Gasteiger partial charge in [0.15, 0.2) is 5.96 Å². The van der Waals surface area contributed by atoms with Crippen molar-refractivity contribution in [2.75, 3.05) is 12.3 Å². The molecule has 0 bridgehead atoms. The van der Waals surface area contributed by atoms with Gasteiger partial charge in [-0.2, -0.15) is 12.6 Å². The van der Waals surface area contributed by atoms with E-state index in [1.54, 1.807) is 12.1 Å². The van der Waals surface area contributed by atoms with Crippen LogP contribution in [0.4, 0.5) is 0 Å². The van der Waals surface area contributed by atoms with Gasteiger partial charge < -0.3 is 43.4 Å². The van der Waals surface area contributed by atoms with E-state index in [0.717, 1.165) is 0 Å². The minimum atomic E-state index is -1.28. The van der Waals surface area contributed by atoms with Gasteiger partial charge >= 0.3 is 5.97 Å². The summed E-state index contributed by atoms with van der Waals surface area (Å²) < 4.78 is 0. The maximum atomic E-state index is 12.8. The van der Waals surface area contributed by atoms with Crippen molar-refractivity contribution in [1.29, 1.82) is 0 Å². The maximum absolute atomic E-state index is 12.8. The molecule has 11 N–H and O–H groups in total. The number of rotatable bonds is 14. The normalized spacial score (nSPS) is 14.0. The molecular formula is C21H33N7O6S. The van der Waals surface area contributed by atoms with E-state index in [-0.39, 0.29) is 30.3 Å². The number of thiol groups is 1. The first-order chi connectivity index (χ1) is 16.4. The van der Waals surface area contributed by atoms with Gasteiger partial charge in [-0.1, -0.05) is 12.1 Å². The Labute approximate surface area is 208 Å². The fourth-order valence-electron chi connectivity index (χ4n) is 2.87.